The minimum atomic E-state index is -0.604. The Balaban J connectivity index is 1.62. The van der Waals surface area contributed by atoms with Crippen molar-refractivity contribution in [3.05, 3.63) is 47.5 Å². The molecule has 6 nitrogen and oxygen atoms in total. The van der Waals surface area contributed by atoms with Crippen LogP contribution in [0.1, 0.15) is 17.5 Å². The fraction of sp³-hybridized carbons (Fsp3) is 0.381. The Bertz CT molecular complexity index is 862. The maximum atomic E-state index is 12.7. The van der Waals surface area contributed by atoms with Crippen LogP contribution in [0.3, 0.4) is 0 Å². The molecule has 0 saturated carbocycles. The summed E-state index contributed by atoms with van der Waals surface area (Å²) in [7, 11) is 3.21. The summed E-state index contributed by atoms with van der Waals surface area (Å²) in [6.45, 7) is 0.675. The number of benzene rings is 2. The van der Waals surface area contributed by atoms with Gasteiger partial charge in [0.2, 0.25) is 6.79 Å². The maximum Gasteiger partial charge on any atom is 0.312 e. The average molecular weight is 370 g/mol. The molecule has 0 bridgehead atoms. The number of fused-ring (bicyclic) bond motifs is 1. The summed E-state index contributed by atoms with van der Waals surface area (Å²) >= 11 is 0. The van der Waals surface area contributed by atoms with Gasteiger partial charge in [0.25, 0.3) is 0 Å². The molecule has 2 aliphatic rings. The van der Waals surface area contributed by atoms with Crippen molar-refractivity contribution in [1.29, 1.82) is 0 Å². The lowest BCUT2D eigenvalue weighted by molar-refractivity contribution is -0.146. The van der Waals surface area contributed by atoms with Crippen LogP contribution in [0.4, 0.5) is 0 Å². The van der Waals surface area contributed by atoms with Gasteiger partial charge in [-0.1, -0.05) is 12.1 Å². The Morgan fingerprint density at radius 3 is 2.30 bits per heavy atom. The average Bonchev–Trinajstić information content (AvgIpc) is 3.28. The van der Waals surface area contributed by atoms with E-state index in [0.717, 1.165) is 22.6 Å². The number of esters is 1. The summed E-state index contributed by atoms with van der Waals surface area (Å²) in [5.74, 6) is 2.62. The molecule has 142 valence electrons. The SMILES string of the molecule is COc1ccc(CC2(Cc3ccc4c(c3)OCO4)CCOC2=O)cc1OC. The van der Waals surface area contributed by atoms with Crippen molar-refractivity contribution in [2.24, 2.45) is 5.41 Å². The third-order valence-electron chi connectivity index (χ3n) is 5.22. The highest BCUT2D eigenvalue weighted by molar-refractivity contribution is 5.79. The largest absolute Gasteiger partial charge is 0.493 e. The lowest BCUT2D eigenvalue weighted by Crippen LogP contribution is -2.31. The smallest absolute Gasteiger partial charge is 0.312 e. The van der Waals surface area contributed by atoms with Crippen LogP contribution in [-0.2, 0) is 22.4 Å². The highest BCUT2D eigenvalue weighted by Gasteiger charge is 2.44. The van der Waals surface area contributed by atoms with E-state index in [9.17, 15) is 4.79 Å². The van der Waals surface area contributed by atoms with E-state index in [1.54, 1.807) is 14.2 Å². The van der Waals surface area contributed by atoms with Crippen LogP contribution in [0.25, 0.3) is 0 Å². The van der Waals surface area contributed by atoms with E-state index in [0.29, 0.717) is 37.4 Å². The number of carbonyl (C=O) groups excluding carboxylic acids is 1. The summed E-state index contributed by atoms with van der Waals surface area (Å²) in [6, 6.07) is 11.6. The number of methoxy groups -OCH3 is 2. The topological polar surface area (TPSA) is 63.2 Å². The van der Waals surface area contributed by atoms with Crippen LogP contribution in [0, 0.1) is 5.41 Å². The Kier molecular flexibility index (Phi) is 4.56. The van der Waals surface area contributed by atoms with E-state index in [4.69, 9.17) is 23.7 Å². The zero-order chi connectivity index (χ0) is 18.9. The molecule has 1 atom stereocenters. The van der Waals surface area contributed by atoms with Crippen molar-refractivity contribution in [3.63, 3.8) is 0 Å². The summed E-state index contributed by atoms with van der Waals surface area (Å²) in [6.07, 6.45) is 1.83. The molecule has 2 aromatic carbocycles. The number of hydrogen-bond donors (Lipinski definition) is 0. The quantitative estimate of drug-likeness (QED) is 0.728. The zero-order valence-electron chi connectivity index (χ0n) is 15.4. The highest BCUT2D eigenvalue weighted by atomic mass is 16.7. The number of carbonyl (C=O) groups is 1. The Hall–Kier alpha value is -2.89. The molecule has 4 rings (SSSR count). The second kappa shape index (κ2) is 7.02. The second-order valence-electron chi connectivity index (χ2n) is 6.90. The standard InChI is InChI=1S/C21H22O6/c1-23-16-5-3-14(9-18(16)24-2)11-21(7-8-25-20(21)22)12-15-4-6-17-19(10-15)27-13-26-17/h3-6,9-10H,7-8,11-13H2,1-2H3. The molecule has 0 amide bonds. The predicted octanol–water partition coefficient (Wildman–Crippen LogP) is 3.15. The molecule has 1 fully saturated rings. The number of cyclic esters (lactones) is 1. The van der Waals surface area contributed by atoms with Gasteiger partial charge in [0.1, 0.15) is 0 Å². The molecule has 0 aliphatic carbocycles. The molecule has 0 aromatic heterocycles. The van der Waals surface area contributed by atoms with E-state index in [-0.39, 0.29) is 12.8 Å². The molecule has 0 spiro atoms. The molecule has 2 aliphatic heterocycles. The molecule has 0 N–H and O–H groups in total. The van der Waals surface area contributed by atoms with Crippen LogP contribution in [0.2, 0.25) is 0 Å². The van der Waals surface area contributed by atoms with Gasteiger partial charge in [-0.3, -0.25) is 4.79 Å². The minimum absolute atomic E-state index is 0.157. The van der Waals surface area contributed by atoms with E-state index in [1.807, 2.05) is 36.4 Å². The third-order valence-corrected chi connectivity index (χ3v) is 5.22. The summed E-state index contributed by atoms with van der Waals surface area (Å²) in [5, 5.41) is 0. The number of hydrogen-bond acceptors (Lipinski definition) is 6. The fourth-order valence-electron chi connectivity index (χ4n) is 3.80. The first-order valence-electron chi connectivity index (χ1n) is 8.90. The maximum absolute atomic E-state index is 12.7. The molecule has 1 saturated heterocycles. The van der Waals surface area contributed by atoms with E-state index in [2.05, 4.69) is 0 Å². The number of rotatable bonds is 6. The van der Waals surface area contributed by atoms with Gasteiger partial charge in [-0.2, -0.15) is 0 Å². The van der Waals surface area contributed by atoms with Crippen molar-refractivity contribution < 1.29 is 28.5 Å². The van der Waals surface area contributed by atoms with E-state index >= 15 is 0 Å². The Morgan fingerprint density at radius 2 is 1.59 bits per heavy atom. The lowest BCUT2D eigenvalue weighted by Gasteiger charge is -2.25. The second-order valence-corrected chi connectivity index (χ2v) is 6.90. The molecule has 1 unspecified atom stereocenters. The molecular formula is C21H22O6. The molecule has 0 radical (unpaired) electrons. The first kappa shape index (κ1) is 17.5. The molecule has 27 heavy (non-hydrogen) atoms. The molecule has 6 heteroatoms. The first-order chi connectivity index (χ1) is 13.1. The van der Waals surface area contributed by atoms with Crippen molar-refractivity contribution in [3.8, 4) is 23.0 Å². The van der Waals surface area contributed by atoms with Gasteiger partial charge in [0, 0.05) is 0 Å². The summed E-state index contributed by atoms with van der Waals surface area (Å²) in [5.41, 5.74) is 1.43. The van der Waals surface area contributed by atoms with Gasteiger partial charge in [-0.15, -0.1) is 0 Å². The van der Waals surface area contributed by atoms with Crippen molar-refractivity contribution >= 4 is 5.97 Å². The fourth-order valence-corrected chi connectivity index (χ4v) is 3.80. The lowest BCUT2D eigenvalue weighted by atomic mass is 9.75. The van der Waals surface area contributed by atoms with Crippen LogP contribution >= 0.6 is 0 Å². The number of ether oxygens (including phenoxy) is 5. The van der Waals surface area contributed by atoms with Gasteiger partial charge in [0.15, 0.2) is 23.0 Å². The van der Waals surface area contributed by atoms with Gasteiger partial charge in [-0.05, 0) is 54.7 Å². The van der Waals surface area contributed by atoms with Crippen molar-refractivity contribution in [2.45, 2.75) is 19.3 Å². The zero-order valence-corrected chi connectivity index (χ0v) is 15.4. The Labute approximate surface area is 157 Å². The van der Waals surface area contributed by atoms with Crippen LogP contribution in [-0.4, -0.2) is 33.6 Å². The van der Waals surface area contributed by atoms with Crippen LogP contribution < -0.4 is 18.9 Å². The van der Waals surface area contributed by atoms with Crippen molar-refractivity contribution in [2.75, 3.05) is 27.6 Å². The van der Waals surface area contributed by atoms with Crippen LogP contribution in [0.15, 0.2) is 36.4 Å². The highest BCUT2D eigenvalue weighted by Crippen LogP contribution is 2.41. The predicted molar refractivity (Wildman–Crippen MR) is 97.5 cm³/mol. The molecule has 2 aromatic rings. The van der Waals surface area contributed by atoms with Gasteiger partial charge >= 0.3 is 5.97 Å². The van der Waals surface area contributed by atoms with E-state index in [1.165, 1.54) is 0 Å². The van der Waals surface area contributed by atoms with Gasteiger partial charge in [0.05, 0.1) is 26.2 Å². The van der Waals surface area contributed by atoms with E-state index < -0.39 is 5.41 Å². The monoisotopic (exact) mass is 370 g/mol. The van der Waals surface area contributed by atoms with Crippen molar-refractivity contribution in [1.82, 2.24) is 0 Å². The van der Waals surface area contributed by atoms with Gasteiger partial charge in [-0.25, -0.2) is 0 Å². The normalized spacial score (nSPS) is 20.4. The molecule has 2 heterocycles. The first-order valence-corrected chi connectivity index (χ1v) is 8.90. The van der Waals surface area contributed by atoms with Crippen LogP contribution in [0.5, 0.6) is 23.0 Å². The third kappa shape index (κ3) is 3.27. The Morgan fingerprint density at radius 1 is 0.889 bits per heavy atom. The summed E-state index contributed by atoms with van der Waals surface area (Å²) < 4.78 is 26.9. The van der Waals surface area contributed by atoms with Gasteiger partial charge < -0.3 is 23.7 Å². The summed E-state index contributed by atoms with van der Waals surface area (Å²) in [4.78, 5) is 12.7. The minimum Gasteiger partial charge on any atom is -0.493 e. The molecular weight excluding hydrogens is 348 g/mol.